The molecule has 0 bridgehead atoms. The Hall–Kier alpha value is -2.73. The van der Waals surface area contributed by atoms with Crippen LogP contribution in [0.4, 0.5) is 0 Å². The second kappa shape index (κ2) is 6.29. The lowest BCUT2D eigenvalue weighted by Crippen LogP contribution is -2.35. The maximum Gasteiger partial charge on any atom is 0.255 e. The number of nitrogens with one attached hydrogen (secondary N) is 1. The van der Waals surface area contributed by atoms with Gasteiger partial charge in [0.2, 0.25) is 0 Å². The topological polar surface area (TPSA) is 66.8 Å². The molecule has 6 heteroatoms. The molecule has 1 aromatic carbocycles. The van der Waals surface area contributed by atoms with Gasteiger partial charge >= 0.3 is 0 Å². The highest BCUT2D eigenvalue weighted by atomic mass is 16.1. The third-order valence-electron chi connectivity index (χ3n) is 4.74. The molecule has 0 saturated carbocycles. The summed E-state index contributed by atoms with van der Waals surface area (Å²) in [5.74, 6) is 0.651. The molecule has 0 atom stereocenters. The summed E-state index contributed by atoms with van der Waals surface area (Å²) in [5.41, 5.74) is 4.77. The van der Waals surface area contributed by atoms with E-state index in [-0.39, 0.29) is 5.56 Å². The predicted octanol–water partition coefficient (Wildman–Crippen LogP) is 2.04. The fraction of sp³-hybridized carbons (Fsp3) is 0.316. The molecule has 1 N–H and O–H groups in total. The van der Waals surface area contributed by atoms with Gasteiger partial charge in [0.05, 0.1) is 17.0 Å². The summed E-state index contributed by atoms with van der Waals surface area (Å²) in [7, 11) is 1.95. The Morgan fingerprint density at radius 1 is 1.24 bits per heavy atom. The van der Waals surface area contributed by atoms with E-state index in [2.05, 4.69) is 21.0 Å². The first-order valence-corrected chi connectivity index (χ1v) is 8.49. The van der Waals surface area contributed by atoms with E-state index in [0.29, 0.717) is 12.4 Å². The first kappa shape index (κ1) is 15.8. The van der Waals surface area contributed by atoms with Gasteiger partial charge in [-0.05, 0) is 13.0 Å². The fourth-order valence-corrected chi connectivity index (χ4v) is 3.29. The van der Waals surface area contributed by atoms with Crippen LogP contribution in [0.1, 0.15) is 22.6 Å². The van der Waals surface area contributed by atoms with Crippen LogP contribution in [0.25, 0.3) is 11.4 Å². The Morgan fingerprint density at radius 2 is 2.04 bits per heavy atom. The Labute approximate surface area is 146 Å². The minimum absolute atomic E-state index is 0.0363. The maximum absolute atomic E-state index is 12.6. The SMILES string of the molecule is Cc1cc(CN2CCc3nc(-c4ccccc4)[nH]c(=O)c3C2)nn1C. The second-order valence-electron chi connectivity index (χ2n) is 6.57. The van der Waals surface area contributed by atoms with Crippen molar-refractivity contribution in [3.63, 3.8) is 0 Å². The number of benzene rings is 1. The minimum atomic E-state index is -0.0363. The summed E-state index contributed by atoms with van der Waals surface area (Å²) in [6.07, 6.45) is 0.783. The van der Waals surface area contributed by atoms with Crippen molar-refractivity contribution < 1.29 is 0 Å². The lowest BCUT2D eigenvalue weighted by Gasteiger charge is -2.27. The van der Waals surface area contributed by atoms with Crippen molar-refractivity contribution in [3.8, 4) is 11.4 Å². The second-order valence-corrected chi connectivity index (χ2v) is 6.57. The Morgan fingerprint density at radius 3 is 2.76 bits per heavy atom. The Bertz CT molecular complexity index is 938. The molecule has 25 heavy (non-hydrogen) atoms. The van der Waals surface area contributed by atoms with E-state index < -0.39 is 0 Å². The molecule has 0 spiro atoms. The molecule has 3 heterocycles. The molecular formula is C19H21N5O. The zero-order valence-corrected chi connectivity index (χ0v) is 14.5. The number of fused-ring (bicyclic) bond motifs is 1. The average molecular weight is 335 g/mol. The molecule has 0 saturated heterocycles. The number of rotatable bonds is 3. The van der Waals surface area contributed by atoms with Gasteiger partial charge in [-0.2, -0.15) is 5.10 Å². The molecule has 0 fully saturated rings. The molecule has 3 aromatic rings. The van der Waals surface area contributed by atoms with Crippen LogP contribution in [-0.2, 0) is 26.6 Å². The number of H-pyrrole nitrogens is 1. The summed E-state index contributed by atoms with van der Waals surface area (Å²) >= 11 is 0. The fourth-order valence-electron chi connectivity index (χ4n) is 3.29. The van der Waals surface area contributed by atoms with E-state index in [4.69, 9.17) is 4.98 Å². The molecule has 128 valence electrons. The van der Waals surface area contributed by atoms with Crippen LogP contribution in [-0.4, -0.2) is 31.2 Å². The van der Waals surface area contributed by atoms with E-state index in [0.717, 1.165) is 47.7 Å². The smallest absolute Gasteiger partial charge is 0.255 e. The molecule has 2 aromatic heterocycles. The van der Waals surface area contributed by atoms with E-state index in [1.807, 2.05) is 49.0 Å². The molecule has 6 nitrogen and oxygen atoms in total. The Kier molecular flexibility index (Phi) is 3.97. The standard InChI is InChI=1S/C19H21N5O/c1-13-10-15(22-23(13)2)11-24-9-8-17-16(12-24)19(25)21-18(20-17)14-6-4-3-5-7-14/h3-7,10H,8-9,11-12H2,1-2H3,(H,20,21,25). The van der Waals surface area contributed by atoms with Crippen molar-refractivity contribution >= 4 is 0 Å². The summed E-state index contributed by atoms with van der Waals surface area (Å²) in [5, 5.41) is 4.51. The van der Waals surface area contributed by atoms with Gasteiger partial charge in [-0.25, -0.2) is 4.98 Å². The monoisotopic (exact) mass is 335 g/mol. The van der Waals surface area contributed by atoms with Crippen molar-refractivity contribution in [1.29, 1.82) is 0 Å². The van der Waals surface area contributed by atoms with Crippen LogP contribution >= 0.6 is 0 Å². The average Bonchev–Trinajstić information content (AvgIpc) is 2.93. The van der Waals surface area contributed by atoms with Crippen LogP contribution in [0.15, 0.2) is 41.2 Å². The van der Waals surface area contributed by atoms with Gasteiger partial charge in [0.15, 0.2) is 0 Å². The van der Waals surface area contributed by atoms with Crippen LogP contribution < -0.4 is 5.56 Å². The number of aromatic nitrogens is 4. The zero-order chi connectivity index (χ0) is 17.4. The minimum Gasteiger partial charge on any atom is -0.306 e. The van der Waals surface area contributed by atoms with Gasteiger partial charge in [0.1, 0.15) is 5.82 Å². The van der Waals surface area contributed by atoms with Gasteiger partial charge in [-0.3, -0.25) is 14.4 Å². The number of aromatic amines is 1. The normalized spacial score (nSPS) is 14.5. The van der Waals surface area contributed by atoms with E-state index in [1.165, 1.54) is 0 Å². The largest absolute Gasteiger partial charge is 0.306 e. The molecule has 0 unspecified atom stereocenters. The van der Waals surface area contributed by atoms with Crippen molar-refractivity contribution in [2.75, 3.05) is 6.54 Å². The van der Waals surface area contributed by atoms with Gasteiger partial charge in [0.25, 0.3) is 5.56 Å². The molecule has 0 amide bonds. The number of aryl methyl sites for hydroxylation is 2. The lowest BCUT2D eigenvalue weighted by molar-refractivity contribution is 0.238. The van der Waals surface area contributed by atoms with Gasteiger partial charge in [-0.15, -0.1) is 0 Å². The summed E-state index contributed by atoms with van der Waals surface area (Å²) < 4.78 is 1.88. The summed E-state index contributed by atoms with van der Waals surface area (Å²) in [4.78, 5) is 22.5. The molecule has 0 radical (unpaired) electrons. The third-order valence-corrected chi connectivity index (χ3v) is 4.74. The molecule has 0 aliphatic carbocycles. The van der Waals surface area contributed by atoms with Crippen LogP contribution in [0, 0.1) is 6.92 Å². The maximum atomic E-state index is 12.6. The molecule has 4 rings (SSSR count). The highest BCUT2D eigenvalue weighted by molar-refractivity contribution is 5.54. The van der Waals surface area contributed by atoms with Crippen LogP contribution in [0.2, 0.25) is 0 Å². The van der Waals surface area contributed by atoms with E-state index >= 15 is 0 Å². The first-order chi connectivity index (χ1) is 12.1. The van der Waals surface area contributed by atoms with Gasteiger partial charge in [0, 0.05) is 44.4 Å². The molecule has 1 aliphatic heterocycles. The summed E-state index contributed by atoms with van der Waals surface area (Å²) in [6, 6.07) is 11.9. The van der Waals surface area contributed by atoms with Gasteiger partial charge < -0.3 is 4.98 Å². The summed E-state index contributed by atoms with van der Waals surface area (Å²) in [6.45, 7) is 4.29. The van der Waals surface area contributed by atoms with Crippen LogP contribution in [0.3, 0.4) is 0 Å². The van der Waals surface area contributed by atoms with Crippen molar-refractivity contribution in [2.24, 2.45) is 7.05 Å². The predicted molar refractivity (Wildman–Crippen MR) is 96.1 cm³/mol. The Balaban J connectivity index is 1.58. The van der Waals surface area contributed by atoms with Crippen molar-refractivity contribution in [3.05, 3.63) is 69.4 Å². The number of hydrogen-bond donors (Lipinski definition) is 1. The third kappa shape index (κ3) is 3.13. The lowest BCUT2D eigenvalue weighted by atomic mass is 10.1. The zero-order valence-electron chi connectivity index (χ0n) is 14.5. The molecule has 1 aliphatic rings. The van der Waals surface area contributed by atoms with E-state index in [9.17, 15) is 4.79 Å². The highest BCUT2D eigenvalue weighted by Gasteiger charge is 2.22. The van der Waals surface area contributed by atoms with Crippen LogP contribution in [0.5, 0.6) is 0 Å². The number of nitrogens with zero attached hydrogens (tertiary/aromatic N) is 4. The van der Waals surface area contributed by atoms with Crippen molar-refractivity contribution in [1.82, 2.24) is 24.6 Å². The highest BCUT2D eigenvalue weighted by Crippen LogP contribution is 2.19. The van der Waals surface area contributed by atoms with E-state index in [1.54, 1.807) is 0 Å². The first-order valence-electron chi connectivity index (χ1n) is 8.49. The van der Waals surface area contributed by atoms with Gasteiger partial charge in [-0.1, -0.05) is 30.3 Å². The quantitative estimate of drug-likeness (QED) is 0.795. The molecular weight excluding hydrogens is 314 g/mol. The van der Waals surface area contributed by atoms with Crippen molar-refractivity contribution in [2.45, 2.75) is 26.4 Å². The number of hydrogen-bond acceptors (Lipinski definition) is 4.